The number of hydrogen-bond donors (Lipinski definition) is 1. The van der Waals surface area contributed by atoms with Crippen LogP contribution in [0.1, 0.15) is 26.0 Å². The molecule has 0 unspecified atom stereocenters. The highest BCUT2D eigenvalue weighted by atomic mass is 35.5. The molecule has 0 atom stereocenters. The lowest BCUT2D eigenvalue weighted by atomic mass is 10.0. The molecule has 0 aliphatic heterocycles. The molecular formula is C26H31ClN6O3. The summed E-state index contributed by atoms with van der Waals surface area (Å²) in [5.41, 5.74) is 2.64. The van der Waals surface area contributed by atoms with Gasteiger partial charge in [-0.25, -0.2) is 9.97 Å². The Bertz CT molecular complexity index is 1310. The summed E-state index contributed by atoms with van der Waals surface area (Å²) in [6, 6.07) is 7.32. The van der Waals surface area contributed by atoms with Gasteiger partial charge < -0.3 is 19.3 Å². The average molecular weight is 511 g/mol. The van der Waals surface area contributed by atoms with Crippen LogP contribution in [0.25, 0.3) is 34.0 Å². The largest absolute Gasteiger partial charge is 0.491 e. The normalized spacial score (nSPS) is 11.9. The Balaban J connectivity index is 1.78. The van der Waals surface area contributed by atoms with E-state index in [1.807, 2.05) is 48.8 Å². The maximum Gasteiger partial charge on any atom is 0.181 e. The molecule has 190 valence electrons. The fraction of sp³-hybridized carbons (Fsp3) is 0.385. The van der Waals surface area contributed by atoms with Crippen molar-refractivity contribution in [3.63, 3.8) is 0 Å². The summed E-state index contributed by atoms with van der Waals surface area (Å²) in [6.45, 7) is 7.33. The maximum absolute atomic E-state index is 10.1. The third-order valence-corrected chi connectivity index (χ3v) is 6.17. The van der Waals surface area contributed by atoms with Crippen molar-refractivity contribution in [2.24, 2.45) is 0 Å². The third kappa shape index (κ3) is 5.75. The van der Waals surface area contributed by atoms with Gasteiger partial charge in [-0.1, -0.05) is 28.9 Å². The average Bonchev–Trinajstić information content (AvgIpc) is 3.42. The van der Waals surface area contributed by atoms with Crippen LogP contribution < -0.4 is 4.74 Å². The molecular weight excluding hydrogens is 480 g/mol. The van der Waals surface area contributed by atoms with Gasteiger partial charge in [-0.05, 0) is 53.4 Å². The van der Waals surface area contributed by atoms with Crippen molar-refractivity contribution in [3.05, 3.63) is 53.6 Å². The molecule has 0 amide bonds. The Morgan fingerprint density at radius 1 is 1.14 bits per heavy atom. The molecule has 0 aliphatic carbocycles. The number of aryl methyl sites for hydroxylation is 1. The first-order valence-electron chi connectivity index (χ1n) is 11.7. The van der Waals surface area contributed by atoms with Gasteiger partial charge >= 0.3 is 0 Å². The molecule has 10 heteroatoms. The minimum atomic E-state index is -0.794. The molecule has 1 aromatic carbocycles. The van der Waals surface area contributed by atoms with Gasteiger partial charge in [0.05, 0.1) is 27.9 Å². The lowest BCUT2D eigenvalue weighted by Crippen LogP contribution is -2.21. The van der Waals surface area contributed by atoms with Gasteiger partial charge in [0, 0.05) is 36.7 Å². The van der Waals surface area contributed by atoms with Crippen LogP contribution in [0.15, 0.2) is 47.4 Å². The minimum Gasteiger partial charge on any atom is -0.491 e. The van der Waals surface area contributed by atoms with E-state index < -0.39 is 5.60 Å². The number of benzene rings is 1. The highest BCUT2D eigenvalue weighted by molar-refractivity contribution is 6.35. The Morgan fingerprint density at radius 3 is 2.58 bits per heavy atom. The lowest BCUT2D eigenvalue weighted by molar-refractivity contribution is 0.0649. The standard InChI is InChI=1S/C26H31ClN6O3/c1-17-19(16-30-33(17)13-10-26(2,3)34)24-21(25-28-11-7-12-29-25)23(31-36-24)18-8-6-9-20(22(18)27)35-15-14-32(4)5/h6-9,11-12,16,34H,10,13-15H2,1-5H3. The second-order valence-electron chi connectivity index (χ2n) is 9.51. The molecule has 0 bridgehead atoms. The lowest BCUT2D eigenvalue weighted by Gasteiger charge is -2.17. The summed E-state index contributed by atoms with van der Waals surface area (Å²) in [4.78, 5) is 11.0. The van der Waals surface area contributed by atoms with E-state index in [0.717, 1.165) is 17.8 Å². The molecule has 1 N–H and O–H groups in total. The molecule has 36 heavy (non-hydrogen) atoms. The Labute approximate surface area is 215 Å². The monoisotopic (exact) mass is 510 g/mol. The number of nitrogens with zero attached hydrogens (tertiary/aromatic N) is 6. The number of aromatic nitrogens is 5. The molecule has 0 radical (unpaired) electrons. The number of halogens is 1. The Hall–Kier alpha value is -3.27. The number of hydrogen-bond acceptors (Lipinski definition) is 8. The minimum absolute atomic E-state index is 0.436. The molecule has 0 saturated carbocycles. The van der Waals surface area contributed by atoms with Crippen LogP contribution in [0.2, 0.25) is 5.02 Å². The van der Waals surface area contributed by atoms with Gasteiger partial charge in [-0.15, -0.1) is 0 Å². The maximum atomic E-state index is 10.1. The summed E-state index contributed by atoms with van der Waals surface area (Å²) in [5.74, 6) is 1.52. The first-order chi connectivity index (χ1) is 17.2. The molecule has 4 aromatic rings. The van der Waals surface area contributed by atoms with Gasteiger partial charge in [-0.2, -0.15) is 5.10 Å². The number of ether oxygens (including phenoxy) is 1. The molecule has 3 aromatic heterocycles. The van der Waals surface area contributed by atoms with Crippen molar-refractivity contribution in [3.8, 4) is 39.7 Å². The molecule has 9 nitrogen and oxygen atoms in total. The van der Waals surface area contributed by atoms with E-state index >= 15 is 0 Å². The van der Waals surface area contributed by atoms with E-state index in [2.05, 4.69) is 20.2 Å². The fourth-order valence-corrected chi connectivity index (χ4v) is 3.98. The van der Waals surface area contributed by atoms with Gasteiger partial charge in [0.2, 0.25) is 0 Å². The molecule has 0 fully saturated rings. The zero-order valence-electron chi connectivity index (χ0n) is 21.2. The summed E-state index contributed by atoms with van der Waals surface area (Å²) in [5, 5.41) is 19.5. The summed E-state index contributed by atoms with van der Waals surface area (Å²) < 4.78 is 13.7. The topological polar surface area (TPSA) is 102 Å². The Morgan fingerprint density at radius 2 is 1.89 bits per heavy atom. The zero-order chi connectivity index (χ0) is 25.9. The highest BCUT2D eigenvalue weighted by Gasteiger charge is 2.27. The second-order valence-corrected chi connectivity index (χ2v) is 9.88. The van der Waals surface area contributed by atoms with Crippen molar-refractivity contribution in [2.45, 2.75) is 39.3 Å². The summed E-state index contributed by atoms with van der Waals surface area (Å²) in [6.07, 6.45) is 5.64. The van der Waals surface area contributed by atoms with Crippen LogP contribution in [0.4, 0.5) is 0 Å². The van der Waals surface area contributed by atoms with Crippen molar-refractivity contribution in [1.82, 2.24) is 29.8 Å². The summed E-state index contributed by atoms with van der Waals surface area (Å²) in [7, 11) is 3.97. The Kier molecular flexibility index (Phi) is 7.73. The van der Waals surface area contributed by atoms with Crippen molar-refractivity contribution < 1.29 is 14.4 Å². The molecule has 3 heterocycles. The fourth-order valence-electron chi connectivity index (χ4n) is 3.71. The van der Waals surface area contributed by atoms with Crippen LogP contribution in [0.5, 0.6) is 5.75 Å². The molecule has 0 saturated heterocycles. The molecule has 0 aliphatic rings. The predicted octanol–water partition coefficient (Wildman–Crippen LogP) is 4.73. The van der Waals surface area contributed by atoms with E-state index in [9.17, 15) is 5.11 Å². The van der Waals surface area contributed by atoms with E-state index in [-0.39, 0.29) is 0 Å². The zero-order valence-corrected chi connectivity index (χ0v) is 22.0. The van der Waals surface area contributed by atoms with Crippen molar-refractivity contribution in [1.29, 1.82) is 0 Å². The van der Waals surface area contributed by atoms with Gasteiger partial charge in [-0.3, -0.25) is 4.68 Å². The van der Waals surface area contributed by atoms with E-state index in [4.69, 9.17) is 20.9 Å². The second kappa shape index (κ2) is 10.8. The smallest absolute Gasteiger partial charge is 0.181 e. The van der Waals surface area contributed by atoms with Crippen molar-refractivity contribution >= 4 is 11.6 Å². The number of rotatable bonds is 10. The first-order valence-corrected chi connectivity index (χ1v) is 12.1. The first kappa shape index (κ1) is 25.8. The SMILES string of the molecule is Cc1c(-c2onc(-c3cccc(OCCN(C)C)c3Cl)c2-c2ncccn2)cnn1CCC(C)(C)O. The number of aliphatic hydroxyl groups is 1. The van der Waals surface area contributed by atoms with E-state index in [1.54, 1.807) is 38.5 Å². The molecule has 0 spiro atoms. The quantitative estimate of drug-likeness (QED) is 0.327. The van der Waals surface area contributed by atoms with E-state index in [1.165, 1.54) is 0 Å². The van der Waals surface area contributed by atoms with Crippen LogP contribution in [0, 0.1) is 6.92 Å². The van der Waals surface area contributed by atoms with Gasteiger partial charge in [0.15, 0.2) is 11.6 Å². The number of likely N-dealkylation sites (N-methyl/N-ethyl adjacent to an activating group) is 1. The van der Waals surface area contributed by atoms with Gasteiger partial charge in [0.25, 0.3) is 0 Å². The third-order valence-electron chi connectivity index (χ3n) is 5.78. The van der Waals surface area contributed by atoms with E-state index in [0.29, 0.717) is 58.8 Å². The van der Waals surface area contributed by atoms with Crippen molar-refractivity contribution in [2.75, 3.05) is 27.2 Å². The van der Waals surface area contributed by atoms with Crippen LogP contribution in [-0.4, -0.2) is 67.8 Å². The predicted molar refractivity (Wildman–Crippen MR) is 139 cm³/mol. The summed E-state index contributed by atoms with van der Waals surface area (Å²) >= 11 is 6.79. The van der Waals surface area contributed by atoms with Crippen LogP contribution in [-0.2, 0) is 6.54 Å². The molecule has 4 rings (SSSR count). The van der Waals surface area contributed by atoms with Crippen LogP contribution in [0.3, 0.4) is 0 Å². The van der Waals surface area contributed by atoms with Crippen LogP contribution >= 0.6 is 11.6 Å². The van der Waals surface area contributed by atoms with Gasteiger partial charge in [0.1, 0.15) is 18.1 Å². The highest BCUT2D eigenvalue weighted by Crippen LogP contribution is 2.43.